The number of para-hydroxylation sites is 1. The van der Waals surface area contributed by atoms with Crippen molar-refractivity contribution in [1.82, 2.24) is 9.88 Å². The predicted octanol–water partition coefficient (Wildman–Crippen LogP) is 5.24. The van der Waals surface area contributed by atoms with E-state index >= 15 is 0 Å². The van der Waals surface area contributed by atoms with Gasteiger partial charge in [0.2, 0.25) is 5.88 Å². The van der Waals surface area contributed by atoms with Crippen molar-refractivity contribution in [1.29, 1.82) is 5.26 Å². The topological polar surface area (TPSA) is 87.8 Å². The van der Waals surface area contributed by atoms with Gasteiger partial charge in [-0.1, -0.05) is 24.3 Å². The molecule has 202 valence electrons. The van der Waals surface area contributed by atoms with E-state index < -0.39 is 17.3 Å². The number of nitriles is 1. The summed E-state index contributed by atoms with van der Waals surface area (Å²) >= 11 is 0. The molecule has 0 saturated heterocycles. The summed E-state index contributed by atoms with van der Waals surface area (Å²) in [6.07, 6.45) is 0.244. The molecule has 0 aliphatic heterocycles. The molecule has 3 aromatic carbocycles. The molecule has 0 radical (unpaired) electrons. The molecule has 4 aromatic rings. The van der Waals surface area contributed by atoms with Gasteiger partial charge in [-0.3, -0.25) is 0 Å². The van der Waals surface area contributed by atoms with Gasteiger partial charge in [-0.05, 0) is 68.5 Å². The molecular weight excluding hydrogens is 497 g/mol. The number of aromatic nitrogens is 1. The van der Waals surface area contributed by atoms with Gasteiger partial charge < -0.3 is 24.2 Å². The third-order valence-electron chi connectivity index (χ3n) is 6.93. The van der Waals surface area contributed by atoms with Crippen LogP contribution in [0, 0.1) is 17.1 Å². The summed E-state index contributed by atoms with van der Waals surface area (Å²) in [5, 5.41) is 23.0. The Morgan fingerprint density at radius 1 is 0.974 bits per heavy atom. The van der Waals surface area contributed by atoms with Crippen LogP contribution in [0.15, 0.2) is 66.7 Å². The van der Waals surface area contributed by atoms with E-state index in [9.17, 15) is 14.8 Å². The lowest BCUT2D eigenvalue weighted by Gasteiger charge is -2.39. The highest BCUT2D eigenvalue weighted by Gasteiger charge is 2.44. The van der Waals surface area contributed by atoms with Crippen LogP contribution in [-0.4, -0.2) is 57.0 Å². The Kier molecular flexibility index (Phi) is 8.34. The molecule has 0 aliphatic carbocycles. The second-order valence-corrected chi connectivity index (χ2v) is 9.61. The number of hydrogen-bond donors (Lipinski definition) is 1. The van der Waals surface area contributed by atoms with Crippen molar-refractivity contribution in [2.75, 3.05) is 42.0 Å². The summed E-state index contributed by atoms with van der Waals surface area (Å²) in [7, 11) is 8.42. The highest BCUT2D eigenvalue weighted by Crippen LogP contribution is 2.51. The van der Waals surface area contributed by atoms with Crippen molar-refractivity contribution in [2.45, 2.75) is 17.9 Å². The number of methoxy groups -OCH3 is 3. The first-order valence-electron chi connectivity index (χ1n) is 12.5. The van der Waals surface area contributed by atoms with Gasteiger partial charge in [0.1, 0.15) is 11.4 Å². The molecule has 0 saturated carbocycles. The van der Waals surface area contributed by atoms with Crippen molar-refractivity contribution in [3.63, 3.8) is 0 Å². The van der Waals surface area contributed by atoms with E-state index in [-0.39, 0.29) is 6.42 Å². The molecule has 2 unspecified atom stereocenters. The minimum Gasteiger partial charge on any atom is -0.493 e. The zero-order valence-electron chi connectivity index (χ0n) is 22.7. The average molecular weight is 530 g/mol. The Morgan fingerprint density at radius 3 is 2.38 bits per heavy atom. The number of ether oxygens (including phenoxy) is 3. The van der Waals surface area contributed by atoms with Crippen LogP contribution in [0.5, 0.6) is 17.4 Å². The van der Waals surface area contributed by atoms with Gasteiger partial charge in [-0.25, -0.2) is 9.37 Å². The molecule has 0 aliphatic rings. The minimum atomic E-state index is -1.64. The summed E-state index contributed by atoms with van der Waals surface area (Å²) in [4.78, 5) is 6.69. The fraction of sp³-hybridized carbons (Fsp3) is 0.290. The van der Waals surface area contributed by atoms with Crippen LogP contribution in [0.2, 0.25) is 0 Å². The van der Waals surface area contributed by atoms with E-state index in [4.69, 9.17) is 19.2 Å². The molecule has 1 heterocycles. The molecule has 2 atom stereocenters. The molecule has 1 aromatic heterocycles. The second kappa shape index (κ2) is 11.7. The Morgan fingerprint density at radius 2 is 1.74 bits per heavy atom. The van der Waals surface area contributed by atoms with Gasteiger partial charge in [-0.2, -0.15) is 5.26 Å². The number of fused-ring (bicyclic) bond motifs is 1. The van der Waals surface area contributed by atoms with Gasteiger partial charge in [0.25, 0.3) is 0 Å². The Balaban J connectivity index is 2.12. The summed E-state index contributed by atoms with van der Waals surface area (Å²) in [6.45, 7) is 0.498. The maximum atomic E-state index is 14.6. The molecule has 4 rings (SSSR count). The largest absolute Gasteiger partial charge is 0.493 e. The molecule has 7 nitrogen and oxygen atoms in total. The average Bonchev–Trinajstić information content (AvgIpc) is 2.95. The monoisotopic (exact) mass is 529 g/mol. The van der Waals surface area contributed by atoms with E-state index in [1.165, 1.54) is 26.4 Å². The Bertz CT molecular complexity index is 1520. The zero-order valence-corrected chi connectivity index (χ0v) is 22.7. The highest BCUT2D eigenvalue weighted by molar-refractivity contribution is 5.82. The summed E-state index contributed by atoms with van der Waals surface area (Å²) in [6, 6.07) is 20.7. The van der Waals surface area contributed by atoms with Crippen LogP contribution in [0.1, 0.15) is 34.6 Å². The number of hydrogen-bond acceptors (Lipinski definition) is 7. The van der Waals surface area contributed by atoms with Gasteiger partial charge in [-0.15, -0.1) is 0 Å². The van der Waals surface area contributed by atoms with Crippen molar-refractivity contribution in [3.05, 3.63) is 94.8 Å². The van der Waals surface area contributed by atoms with Crippen molar-refractivity contribution in [3.8, 4) is 23.4 Å². The first-order chi connectivity index (χ1) is 18.7. The number of rotatable bonds is 10. The lowest BCUT2D eigenvalue weighted by Crippen LogP contribution is -2.38. The first kappa shape index (κ1) is 27.8. The van der Waals surface area contributed by atoms with Crippen LogP contribution in [-0.2, 0) is 5.60 Å². The Labute approximate surface area is 228 Å². The third-order valence-corrected chi connectivity index (χ3v) is 6.93. The normalized spacial score (nSPS) is 13.5. The fourth-order valence-corrected chi connectivity index (χ4v) is 5.04. The van der Waals surface area contributed by atoms with Gasteiger partial charge in [0.05, 0.1) is 44.4 Å². The number of pyridine rings is 1. The van der Waals surface area contributed by atoms with Crippen LogP contribution < -0.4 is 14.2 Å². The smallest absolute Gasteiger partial charge is 0.217 e. The minimum absolute atomic E-state index is 0.244. The maximum absolute atomic E-state index is 14.6. The number of halogens is 1. The van der Waals surface area contributed by atoms with E-state index in [0.29, 0.717) is 57.1 Å². The quantitative estimate of drug-likeness (QED) is 0.301. The van der Waals surface area contributed by atoms with Crippen LogP contribution >= 0.6 is 0 Å². The molecule has 0 spiro atoms. The molecular formula is C31H32FN3O4. The summed E-state index contributed by atoms with van der Waals surface area (Å²) < 4.78 is 31.8. The zero-order chi connectivity index (χ0) is 28.2. The van der Waals surface area contributed by atoms with Crippen LogP contribution in [0.4, 0.5) is 4.39 Å². The van der Waals surface area contributed by atoms with Crippen LogP contribution in [0.3, 0.4) is 0 Å². The lowest BCUT2D eigenvalue weighted by molar-refractivity contribution is 0.00290. The third kappa shape index (κ3) is 5.51. The predicted molar refractivity (Wildman–Crippen MR) is 148 cm³/mol. The van der Waals surface area contributed by atoms with Crippen LogP contribution in [0.25, 0.3) is 10.9 Å². The summed E-state index contributed by atoms with van der Waals surface area (Å²) in [5.41, 5.74) is 1.03. The fourth-order valence-electron chi connectivity index (χ4n) is 5.04. The lowest BCUT2D eigenvalue weighted by atomic mass is 9.71. The molecule has 39 heavy (non-hydrogen) atoms. The van der Waals surface area contributed by atoms with E-state index in [0.717, 1.165) is 0 Å². The molecule has 0 bridgehead atoms. The molecule has 0 amide bonds. The molecule has 1 N–H and O–H groups in total. The van der Waals surface area contributed by atoms with Crippen molar-refractivity contribution < 1.29 is 23.7 Å². The SMILES string of the molecule is COc1cccc(C(c2cc3cc(C#N)ccc3nc2OC)C(O)(CCN(C)C)c2cccc(F)c2)c1OC. The highest BCUT2D eigenvalue weighted by atomic mass is 19.1. The summed E-state index contributed by atoms with van der Waals surface area (Å²) in [5.74, 6) is -0.0932. The van der Waals surface area contributed by atoms with Gasteiger partial charge >= 0.3 is 0 Å². The van der Waals surface area contributed by atoms with E-state index in [1.54, 1.807) is 43.5 Å². The first-order valence-corrected chi connectivity index (χ1v) is 12.5. The number of benzene rings is 3. The second-order valence-electron chi connectivity index (χ2n) is 9.61. The number of aliphatic hydroxyl groups is 1. The van der Waals surface area contributed by atoms with Gasteiger partial charge in [0, 0.05) is 23.1 Å². The Hall–Kier alpha value is -4.19. The van der Waals surface area contributed by atoms with E-state index in [1.807, 2.05) is 37.2 Å². The van der Waals surface area contributed by atoms with Crippen molar-refractivity contribution in [2.24, 2.45) is 0 Å². The number of nitrogens with zero attached hydrogens (tertiary/aromatic N) is 3. The van der Waals surface area contributed by atoms with Crippen molar-refractivity contribution >= 4 is 10.9 Å². The van der Waals surface area contributed by atoms with E-state index in [2.05, 4.69) is 6.07 Å². The standard InChI is InChI=1S/C31H32FN3O4/c1-35(2)15-14-31(36,22-8-6-9-23(32)18-22)28(24-10-7-11-27(37-3)29(24)38-4)25-17-21-16-20(19-33)12-13-26(21)34-30(25)39-5/h6-13,16-18,28,36H,14-15H2,1-5H3. The van der Waals surface area contributed by atoms with Gasteiger partial charge in [0.15, 0.2) is 11.5 Å². The maximum Gasteiger partial charge on any atom is 0.217 e. The molecule has 8 heteroatoms. The molecule has 0 fully saturated rings.